The Morgan fingerprint density at radius 2 is 1.55 bits per heavy atom. The molecule has 0 radical (unpaired) electrons. The van der Waals surface area contributed by atoms with Crippen LogP contribution in [0.4, 0.5) is 0 Å². The van der Waals surface area contributed by atoms with E-state index in [1.54, 1.807) is 0 Å². The molecule has 0 atom stereocenters. The molecule has 0 amide bonds. The van der Waals surface area contributed by atoms with Crippen LogP contribution in [0.15, 0.2) is 0 Å². The second kappa shape index (κ2) is 3.69. The Morgan fingerprint density at radius 3 is 1.55 bits per heavy atom. The summed E-state index contributed by atoms with van der Waals surface area (Å²) in [4.78, 5) is 0. The largest absolute Gasteiger partial charge is 0.254 e. The van der Waals surface area contributed by atoms with E-state index >= 15 is 0 Å². The van der Waals surface area contributed by atoms with Crippen LogP contribution in [-0.2, 0) is 0 Å². The summed E-state index contributed by atoms with van der Waals surface area (Å²) in [5, 5.41) is 0. The van der Waals surface area contributed by atoms with Crippen molar-refractivity contribution in [2.24, 2.45) is 0 Å². The topological polar surface area (TPSA) is 3.24 Å². The molecule has 0 aliphatic rings. The third kappa shape index (κ3) is 3.83. The normalized spacial score (nSPS) is 14.2. The van der Waals surface area contributed by atoms with Crippen molar-refractivity contribution in [2.45, 2.75) is 46.0 Å². The average molecular weight is 212 g/mol. The van der Waals surface area contributed by atoms with Crippen molar-refractivity contribution in [2.75, 3.05) is 0 Å². The highest BCUT2D eigenvalue weighted by Crippen LogP contribution is 2.32. The van der Waals surface area contributed by atoms with Crippen LogP contribution in [-0.4, -0.2) is 17.7 Å². The van der Waals surface area contributed by atoms with E-state index in [1.807, 2.05) is 0 Å². The van der Waals surface area contributed by atoms with Gasteiger partial charge < -0.3 is 0 Å². The Hall–Kier alpha value is 0.817. The standard InChI is InChI=1S/C7H18ClNSSi/c1-7(2,3)9(10-8)11(4,5)6/h1-6H3. The van der Waals surface area contributed by atoms with Gasteiger partial charge in [0.15, 0.2) is 0 Å². The zero-order valence-corrected chi connectivity index (χ0v) is 10.8. The zero-order chi connectivity index (χ0) is 9.28. The van der Waals surface area contributed by atoms with E-state index in [0.717, 1.165) is 0 Å². The van der Waals surface area contributed by atoms with Crippen LogP contribution in [0.5, 0.6) is 0 Å². The van der Waals surface area contributed by atoms with E-state index < -0.39 is 8.24 Å². The first kappa shape index (κ1) is 11.8. The zero-order valence-electron chi connectivity index (χ0n) is 8.23. The van der Waals surface area contributed by atoms with E-state index in [4.69, 9.17) is 10.7 Å². The molecule has 0 aliphatic heterocycles. The fraction of sp³-hybridized carbons (Fsp3) is 1.00. The monoisotopic (exact) mass is 211 g/mol. The van der Waals surface area contributed by atoms with Crippen molar-refractivity contribution in [3.63, 3.8) is 0 Å². The maximum Gasteiger partial charge on any atom is 0.133 e. The molecule has 1 nitrogen and oxygen atoms in total. The van der Waals surface area contributed by atoms with E-state index in [1.165, 1.54) is 11.2 Å². The van der Waals surface area contributed by atoms with Gasteiger partial charge in [-0.2, -0.15) is 0 Å². The van der Waals surface area contributed by atoms with Gasteiger partial charge >= 0.3 is 0 Å². The average Bonchev–Trinajstić information content (AvgIpc) is 1.56. The minimum absolute atomic E-state index is 0.177. The molecule has 0 aromatic heterocycles. The highest BCUT2D eigenvalue weighted by atomic mass is 35.7. The first-order chi connectivity index (χ1) is 4.69. The third-order valence-corrected chi connectivity index (χ3v) is 6.54. The van der Waals surface area contributed by atoms with Gasteiger partial charge in [-0.25, -0.2) is 0 Å². The van der Waals surface area contributed by atoms with Gasteiger partial charge in [-0.05, 0) is 31.5 Å². The van der Waals surface area contributed by atoms with Gasteiger partial charge in [-0.15, -0.1) is 0 Å². The lowest BCUT2D eigenvalue weighted by atomic mass is 10.1. The summed E-state index contributed by atoms with van der Waals surface area (Å²) in [5.74, 6) is 0. The summed E-state index contributed by atoms with van der Waals surface area (Å²) >= 11 is 1.35. The molecule has 0 aromatic carbocycles. The maximum absolute atomic E-state index is 5.81. The molecule has 0 saturated carbocycles. The Bertz CT molecular complexity index is 113. The van der Waals surface area contributed by atoms with Gasteiger partial charge in [-0.1, -0.05) is 19.6 Å². The van der Waals surface area contributed by atoms with Crippen molar-refractivity contribution in [3.05, 3.63) is 0 Å². The predicted molar refractivity (Wildman–Crippen MR) is 58.4 cm³/mol. The molecule has 0 rings (SSSR count). The molecule has 4 heteroatoms. The summed E-state index contributed by atoms with van der Waals surface area (Å²) in [7, 11) is 4.56. The number of rotatable bonds is 2. The van der Waals surface area contributed by atoms with Gasteiger partial charge in [-0.3, -0.25) is 3.97 Å². The van der Waals surface area contributed by atoms with Crippen LogP contribution in [0.2, 0.25) is 19.6 Å². The Labute approximate surface area is 80.2 Å². The van der Waals surface area contributed by atoms with Crippen molar-refractivity contribution >= 4 is 30.1 Å². The summed E-state index contributed by atoms with van der Waals surface area (Å²) in [6.07, 6.45) is 0. The predicted octanol–water partition coefficient (Wildman–Crippen LogP) is 3.72. The lowest BCUT2D eigenvalue weighted by Crippen LogP contribution is -2.50. The summed E-state index contributed by atoms with van der Waals surface area (Å²) in [5.41, 5.74) is 0.177. The van der Waals surface area contributed by atoms with Gasteiger partial charge in [0.25, 0.3) is 0 Å². The molecule has 68 valence electrons. The van der Waals surface area contributed by atoms with E-state index in [2.05, 4.69) is 44.4 Å². The first-order valence-corrected chi connectivity index (χ1v) is 8.83. The number of hydrogen-bond acceptors (Lipinski definition) is 2. The Morgan fingerprint density at radius 1 is 1.18 bits per heavy atom. The molecule has 0 unspecified atom stereocenters. The molecular weight excluding hydrogens is 194 g/mol. The lowest BCUT2D eigenvalue weighted by molar-refractivity contribution is 0.383. The van der Waals surface area contributed by atoms with Gasteiger partial charge in [0.05, 0.1) is 0 Å². The fourth-order valence-electron chi connectivity index (χ4n) is 1.21. The molecule has 11 heavy (non-hydrogen) atoms. The maximum atomic E-state index is 5.81. The molecular formula is C7H18ClNSSi. The highest BCUT2D eigenvalue weighted by Gasteiger charge is 2.33. The van der Waals surface area contributed by atoms with Crippen molar-refractivity contribution in [3.8, 4) is 0 Å². The molecule has 0 heterocycles. The molecule has 0 saturated heterocycles. The molecule has 0 spiro atoms. The highest BCUT2D eigenvalue weighted by molar-refractivity contribution is 8.20. The van der Waals surface area contributed by atoms with Crippen LogP contribution in [0.3, 0.4) is 0 Å². The Balaban J connectivity index is 4.43. The van der Waals surface area contributed by atoms with Gasteiger partial charge in [0.1, 0.15) is 8.24 Å². The number of nitrogens with zero attached hydrogens (tertiary/aromatic N) is 1. The minimum atomic E-state index is -1.26. The smallest absolute Gasteiger partial charge is 0.133 e. The van der Waals surface area contributed by atoms with Crippen LogP contribution in [0, 0.1) is 0 Å². The summed E-state index contributed by atoms with van der Waals surface area (Å²) in [6.45, 7) is 13.5. The summed E-state index contributed by atoms with van der Waals surface area (Å²) in [6, 6.07) is 0. The van der Waals surface area contributed by atoms with E-state index in [0.29, 0.717) is 0 Å². The van der Waals surface area contributed by atoms with Crippen molar-refractivity contribution in [1.29, 1.82) is 0 Å². The first-order valence-electron chi connectivity index (χ1n) is 3.78. The van der Waals surface area contributed by atoms with E-state index in [9.17, 15) is 0 Å². The number of halogens is 1. The van der Waals surface area contributed by atoms with Crippen molar-refractivity contribution in [1.82, 2.24) is 3.97 Å². The molecule has 0 aliphatic carbocycles. The third-order valence-electron chi connectivity index (χ3n) is 1.29. The molecule has 0 N–H and O–H groups in total. The van der Waals surface area contributed by atoms with Gasteiger partial charge in [0, 0.05) is 16.7 Å². The lowest BCUT2D eigenvalue weighted by Gasteiger charge is -2.41. The second-order valence-electron chi connectivity index (χ2n) is 4.71. The van der Waals surface area contributed by atoms with E-state index in [-0.39, 0.29) is 5.54 Å². The van der Waals surface area contributed by atoms with Crippen LogP contribution >= 0.6 is 21.8 Å². The molecule has 0 fully saturated rings. The van der Waals surface area contributed by atoms with Crippen LogP contribution in [0.25, 0.3) is 0 Å². The van der Waals surface area contributed by atoms with Crippen molar-refractivity contribution < 1.29 is 0 Å². The minimum Gasteiger partial charge on any atom is -0.254 e. The Kier molecular flexibility index (Phi) is 3.96. The summed E-state index contributed by atoms with van der Waals surface area (Å²) < 4.78 is 2.32. The molecule has 0 bridgehead atoms. The quantitative estimate of drug-likeness (QED) is 0.506. The van der Waals surface area contributed by atoms with Gasteiger partial charge in [0.2, 0.25) is 0 Å². The van der Waals surface area contributed by atoms with Crippen LogP contribution < -0.4 is 0 Å². The molecule has 0 aromatic rings. The fourth-order valence-corrected chi connectivity index (χ4v) is 6.75. The van der Waals surface area contributed by atoms with Crippen LogP contribution in [0.1, 0.15) is 20.8 Å². The second-order valence-corrected chi connectivity index (χ2v) is 10.7. The number of hydrogen-bond donors (Lipinski definition) is 0. The SMILES string of the molecule is CC(C)(C)N(SCl)[Si](C)(C)C.